The Morgan fingerprint density at radius 3 is 2.55 bits per heavy atom. The van der Waals surface area contributed by atoms with Crippen molar-refractivity contribution in [3.05, 3.63) is 35.9 Å². The zero-order chi connectivity index (χ0) is 20.6. The Morgan fingerprint density at radius 1 is 1.17 bits per heavy atom. The van der Waals surface area contributed by atoms with Gasteiger partial charge in [0.15, 0.2) is 0 Å². The largest absolute Gasteiger partial charge is 0.480 e. The fraction of sp³-hybridized carbons (Fsp3) is 0.591. The summed E-state index contributed by atoms with van der Waals surface area (Å²) in [6.07, 6.45) is 6.94. The number of benzene rings is 1. The summed E-state index contributed by atoms with van der Waals surface area (Å²) in [5.74, 6) is -1.13. The van der Waals surface area contributed by atoms with Gasteiger partial charge in [0.25, 0.3) is 0 Å². The molecular weight excluding hydrogens is 372 g/mol. The van der Waals surface area contributed by atoms with Crippen LogP contribution < -0.4 is 0 Å². The molecule has 158 valence electrons. The molecule has 1 heterocycles. The minimum absolute atomic E-state index is 0.147. The van der Waals surface area contributed by atoms with E-state index in [2.05, 4.69) is 0 Å². The lowest BCUT2D eigenvalue weighted by Crippen LogP contribution is -2.46. The molecule has 7 nitrogen and oxygen atoms in total. The summed E-state index contributed by atoms with van der Waals surface area (Å²) < 4.78 is 0. The first-order valence-electron chi connectivity index (χ1n) is 10.5. The van der Waals surface area contributed by atoms with Gasteiger partial charge in [-0.3, -0.25) is 14.4 Å². The van der Waals surface area contributed by atoms with E-state index in [4.69, 9.17) is 4.84 Å². The number of likely N-dealkylation sites (tertiary alicyclic amines) is 1. The Balaban J connectivity index is 1.67. The van der Waals surface area contributed by atoms with Gasteiger partial charge in [-0.1, -0.05) is 56.0 Å². The normalized spacial score (nSPS) is 20.6. The van der Waals surface area contributed by atoms with Crippen LogP contribution in [0.1, 0.15) is 50.5 Å². The van der Waals surface area contributed by atoms with Crippen molar-refractivity contribution >= 4 is 18.3 Å². The smallest absolute Gasteiger partial charge is 0.326 e. The average molecular weight is 402 g/mol. The number of carboxylic acid groups (broad SMARTS) is 1. The lowest BCUT2D eigenvalue weighted by Gasteiger charge is -2.30. The van der Waals surface area contributed by atoms with Crippen LogP contribution in [-0.2, 0) is 25.8 Å². The third-order valence-corrected chi connectivity index (χ3v) is 6.02. The molecule has 0 aromatic heterocycles. The highest BCUT2D eigenvalue weighted by atomic mass is 16.7. The minimum Gasteiger partial charge on any atom is -0.480 e. The lowest BCUT2D eigenvalue weighted by atomic mass is 9.91. The van der Waals surface area contributed by atoms with Crippen LogP contribution in [0.2, 0.25) is 0 Å². The highest BCUT2D eigenvalue weighted by Crippen LogP contribution is 2.32. The Bertz CT molecular complexity index is 690. The van der Waals surface area contributed by atoms with E-state index in [0.29, 0.717) is 38.1 Å². The van der Waals surface area contributed by atoms with Crippen LogP contribution in [0.3, 0.4) is 0 Å². The molecule has 2 atom stereocenters. The third-order valence-electron chi connectivity index (χ3n) is 6.02. The predicted molar refractivity (Wildman–Crippen MR) is 106 cm³/mol. The van der Waals surface area contributed by atoms with Crippen molar-refractivity contribution in [2.45, 2.75) is 57.6 Å². The van der Waals surface area contributed by atoms with E-state index in [9.17, 15) is 19.5 Å². The fourth-order valence-electron chi connectivity index (χ4n) is 4.50. The van der Waals surface area contributed by atoms with Gasteiger partial charge in [0.2, 0.25) is 12.3 Å². The Hall–Kier alpha value is -2.41. The van der Waals surface area contributed by atoms with E-state index >= 15 is 0 Å². The number of nitrogens with zero attached hydrogens (tertiary/aromatic N) is 2. The number of carboxylic acids is 1. The Morgan fingerprint density at radius 2 is 1.90 bits per heavy atom. The molecule has 7 heteroatoms. The van der Waals surface area contributed by atoms with E-state index in [1.165, 1.54) is 9.96 Å². The number of hydroxylamine groups is 2. The average Bonchev–Trinajstić information content (AvgIpc) is 3.42. The molecule has 1 aromatic carbocycles. The maximum Gasteiger partial charge on any atom is 0.326 e. The Kier molecular flexibility index (Phi) is 7.63. The van der Waals surface area contributed by atoms with E-state index < -0.39 is 17.9 Å². The lowest BCUT2D eigenvalue weighted by molar-refractivity contribution is -0.184. The molecule has 3 rings (SSSR count). The van der Waals surface area contributed by atoms with Crippen molar-refractivity contribution < 1.29 is 24.3 Å². The first kappa shape index (κ1) is 21.3. The molecule has 1 aliphatic heterocycles. The van der Waals surface area contributed by atoms with Gasteiger partial charge in [-0.25, -0.2) is 9.86 Å². The molecule has 2 aliphatic rings. The monoisotopic (exact) mass is 402 g/mol. The van der Waals surface area contributed by atoms with Gasteiger partial charge in [0.05, 0.1) is 12.5 Å². The maximum absolute atomic E-state index is 13.2. The highest BCUT2D eigenvalue weighted by molar-refractivity contribution is 5.86. The van der Waals surface area contributed by atoms with Crippen LogP contribution in [0.15, 0.2) is 30.3 Å². The van der Waals surface area contributed by atoms with E-state index in [1.54, 1.807) is 0 Å². The number of aliphatic carboxylic acids is 1. The molecule has 0 bridgehead atoms. The van der Waals surface area contributed by atoms with Crippen molar-refractivity contribution in [3.8, 4) is 0 Å². The molecule has 1 aliphatic carbocycles. The first-order valence-corrected chi connectivity index (χ1v) is 10.5. The summed E-state index contributed by atoms with van der Waals surface area (Å²) in [7, 11) is 0. The quantitative estimate of drug-likeness (QED) is 0.480. The fourth-order valence-corrected chi connectivity index (χ4v) is 4.50. The maximum atomic E-state index is 13.2. The van der Waals surface area contributed by atoms with E-state index in [-0.39, 0.29) is 19.1 Å². The van der Waals surface area contributed by atoms with Gasteiger partial charge in [-0.15, -0.1) is 0 Å². The molecule has 1 N–H and O–H groups in total. The van der Waals surface area contributed by atoms with Crippen molar-refractivity contribution in [3.63, 3.8) is 0 Å². The van der Waals surface area contributed by atoms with Crippen LogP contribution in [0.5, 0.6) is 0 Å². The number of hydrogen-bond donors (Lipinski definition) is 1. The molecular formula is C22H30N2O5. The summed E-state index contributed by atoms with van der Waals surface area (Å²) >= 11 is 0. The minimum atomic E-state index is -0.956. The summed E-state index contributed by atoms with van der Waals surface area (Å²) in [5.41, 5.74) is 0.934. The highest BCUT2D eigenvalue weighted by Gasteiger charge is 2.38. The second-order valence-corrected chi connectivity index (χ2v) is 8.08. The van der Waals surface area contributed by atoms with Crippen molar-refractivity contribution in [1.29, 1.82) is 0 Å². The Labute approximate surface area is 171 Å². The standard InChI is InChI=1S/C22H30N2O5/c25-16-23(29-15-18-9-2-1-3-10-18)14-19(13-17-7-4-5-8-17)21(26)24-12-6-11-20(24)22(27)28/h1-3,9-10,16-17,19-20H,4-8,11-15H2,(H,27,28). The van der Waals surface area contributed by atoms with Crippen LogP contribution in [0.25, 0.3) is 0 Å². The van der Waals surface area contributed by atoms with Crippen LogP contribution in [0, 0.1) is 11.8 Å². The van der Waals surface area contributed by atoms with Gasteiger partial charge < -0.3 is 10.0 Å². The van der Waals surface area contributed by atoms with E-state index in [0.717, 1.165) is 31.2 Å². The third kappa shape index (κ3) is 5.79. The zero-order valence-corrected chi connectivity index (χ0v) is 16.7. The summed E-state index contributed by atoms with van der Waals surface area (Å²) in [6.45, 7) is 0.850. The first-order chi connectivity index (χ1) is 14.1. The molecule has 2 fully saturated rings. The molecule has 2 unspecified atom stereocenters. The summed E-state index contributed by atoms with van der Waals surface area (Å²) in [5, 5.41) is 10.6. The van der Waals surface area contributed by atoms with Crippen molar-refractivity contribution in [1.82, 2.24) is 9.96 Å². The van der Waals surface area contributed by atoms with Gasteiger partial charge >= 0.3 is 5.97 Å². The van der Waals surface area contributed by atoms with Crippen LogP contribution >= 0.6 is 0 Å². The molecule has 0 spiro atoms. The number of carbonyl (C=O) groups is 3. The number of hydrogen-bond acceptors (Lipinski definition) is 4. The summed E-state index contributed by atoms with van der Waals surface area (Å²) in [4.78, 5) is 43.5. The van der Waals surface area contributed by atoms with Crippen molar-refractivity contribution in [2.75, 3.05) is 13.1 Å². The number of rotatable bonds is 10. The predicted octanol–water partition coefficient (Wildman–Crippen LogP) is 2.85. The van der Waals surface area contributed by atoms with E-state index in [1.807, 2.05) is 30.3 Å². The van der Waals surface area contributed by atoms with Gasteiger partial charge in [-0.05, 0) is 30.7 Å². The van der Waals surface area contributed by atoms with Gasteiger partial charge in [0, 0.05) is 6.54 Å². The van der Waals surface area contributed by atoms with Crippen LogP contribution in [0.4, 0.5) is 0 Å². The second kappa shape index (κ2) is 10.4. The molecule has 1 saturated carbocycles. The topological polar surface area (TPSA) is 87.2 Å². The molecule has 2 amide bonds. The van der Waals surface area contributed by atoms with Crippen molar-refractivity contribution in [2.24, 2.45) is 11.8 Å². The van der Waals surface area contributed by atoms with Gasteiger partial charge in [-0.2, -0.15) is 0 Å². The second-order valence-electron chi connectivity index (χ2n) is 8.08. The van der Waals surface area contributed by atoms with Crippen LogP contribution in [-0.4, -0.2) is 52.5 Å². The molecule has 29 heavy (non-hydrogen) atoms. The molecule has 1 saturated heterocycles. The summed E-state index contributed by atoms with van der Waals surface area (Å²) in [6, 6.07) is 8.76. The van der Waals surface area contributed by atoms with Gasteiger partial charge in [0.1, 0.15) is 12.6 Å². The number of amides is 2. The number of carbonyl (C=O) groups excluding carboxylic acids is 2. The molecule has 0 radical (unpaired) electrons. The SMILES string of the molecule is O=CN(CC(CC1CCCC1)C(=O)N1CCCC1C(=O)O)OCc1ccccc1. The molecule has 1 aromatic rings. The zero-order valence-electron chi connectivity index (χ0n) is 16.7.